The smallest absolute Gasteiger partial charge is 0.239 e. The number of aryl methyl sites for hydroxylation is 2. The van der Waals surface area contributed by atoms with Crippen LogP contribution in [0.15, 0.2) is 18.2 Å². The van der Waals surface area contributed by atoms with Crippen LogP contribution in [0.25, 0.3) is 0 Å². The van der Waals surface area contributed by atoms with Gasteiger partial charge in [-0.15, -0.1) is 0 Å². The van der Waals surface area contributed by atoms with E-state index in [0.717, 1.165) is 38.0 Å². The topological polar surface area (TPSA) is 44.4 Å². The molecule has 1 amide bonds. The second-order valence-corrected chi connectivity index (χ2v) is 5.52. The predicted molar refractivity (Wildman–Crippen MR) is 89.9 cm³/mol. The quantitative estimate of drug-likeness (QED) is 0.686. The van der Waals surface area contributed by atoms with Crippen LogP contribution < -0.4 is 10.6 Å². The molecule has 1 aromatic carbocycles. The summed E-state index contributed by atoms with van der Waals surface area (Å²) in [6.07, 6.45) is 2.92. The zero-order valence-electron chi connectivity index (χ0n) is 13.8. The van der Waals surface area contributed by atoms with Crippen LogP contribution in [0.5, 0.6) is 0 Å². The van der Waals surface area contributed by atoms with Gasteiger partial charge in [-0.05, 0) is 51.0 Å². The van der Waals surface area contributed by atoms with E-state index in [1.165, 1.54) is 11.1 Å². The molecule has 0 aliphatic rings. The molecule has 118 valence electrons. The third-order valence-electron chi connectivity index (χ3n) is 3.53. The van der Waals surface area contributed by atoms with E-state index in [1.54, 1.807) is 0 Å². The molecule has 0 bridgehead atoms. The molecule has 0 unspecified atom stereocenters. The van der Waals surface area contributed by atoms with Crippen molar-refractivity contribution in [1.82, 2.24) is 10.2 Å². The van der Waals surface area contributed by atoms with Crippen molar-refractivity contribution < 1.29 is 4.79 Å². The van der Waals surface area contributed by atoms with Crippen LogP contribution in [-0.4, -0.2) is 44.5 Å². The number of benzene rings is 1. The third kappa shape index (κ3) is 6.17. The molecule has 1 aromatic rings. The van der Waals surface area contributed by atoms with E-state index < -0.39 is 0 Å². The average molecular weight is 291 g/mol. The Morgan fingerprint density at radius 3 is 2.29 bits per heavy atom. The Morgan fingerprint density at radius 2 is 1.76 bits per heavy atom. The molecule has 0 saturated heterocycles. The lowest BCUT2D eigenvalue weighted by atomic mass is 10.0. The summed E-state index contributed by atoms with van der Waals surface area (Å²) in [5.41, 5.74) is 3.68. The minimum Gasteiger partial charge on any atom is -0.376 e. The number of nitrogens with zero attached hydrogens (tertiary/aromatic N) is 1. The molecule has 0 aliphatic carbocycles. The SMILES string of the molecule is CCc1cccc(CC)c1NCC(=O)NCCCN(C)C. The van der Waals surface area contributed by atoms with Gasteiger partial charge >= 0.3 is 0 Å². The van der Waals surface area contributed by atoms with Crippen molar-refractivity contribution in [2.75, 3.05) is 39.0 Å². The molecule has 0 heterocycles. The van der Waals surface area contributed by atoms with Gasteiger partial charge < -0.3 is 15.5 Å². The van der Waals surface area contributed by atoms with Gasteiger partial charge in [0.1, 0.15) is 0 Å². The first-order valence-corrected chi connectivity index (χ1v) is 7.84. The molecular weight excluding hydrogens is 262 g/mol. The van der Waals surface area contributed by atoms with Crippen LogP contribution in [0.3, 0.4) is 0 Å². The minimum absolute atomic E-state index is 0.0571. The molecule has 1 rings (SSSR count). The lowest BCUT2D eigenvalue weighted by Crippen LogP contribution is -2.32. The summed E-state index contributed by atoms with van der Waals surface area (Å²) in [6.45, 7) is 6.34. The molecule has 0 aliphatic heterocycles. The van der Waals surface area contributed by atoms with Crippen LogP contribution >= 0.6 is 0 Å². The van der Waals surface area contributed by atoms with E-state index in [1.807, 2.05) is 14.1 Å². The fourth-order valence-corrected chi connectivity index (χ4v) is 2.32. The first-order chi connectivity index (χ1) is 10.1. The number of amides is 1. The van der Waals surface area contributed by atoms with Gasteiger partial charge in [0, 0.05) is 12.2 Å². The van der Waals surface area contributed by atoms with Gasteiger partial charge in [0.05, 0.1) is 6.54 Å². The lowest BCUT2D eigenvalue weighted by molar-refractivity contribution is -0.119. The molecular formula is C17H29N3O. The fourth-order valence-electron chi connectivity index (χ4n) is 2.32. The molecule has 0 radical (unpaired) electrons. The van der Waals surface area contributed by atoms with E-state index in [9.17, 15) is 4.79 Å². The summed E-state index contributed by atoms with van der Waals surface area (Å²) in [4.78, 5) is 14.0. The van der Waals surface area contributed by atoms with Gasteiger partial charge in [0.25, 0.3) is 0 Å². The molecule has 4 nitrogen and oxygen atoms in total. The Labute approximate surface area is 128 Å². The summed E-state index contributed by atoms with van der Waals surface area (Å²) in [5, 5.41) is 6.27. The first-order valence-electron chi connectivity index (χ1n) is 7.84. The van der Waals surface area contributed by atoms with Crippen LogP contribution in [0.2, 0.25) is 0 Å². The van der Waals surface area contributed by atoms with Gasteiger partial charge in [-0.2, -0.15) is 0 Å². The number of nitrogens with one attached hydrogen (secondary N) is 2. The Hall–Kier alpha value is -1.55. The van der Waals surface area contributed by atoms with Crippen molar-refractivity contribution >= 4 is 11.6 Å². The highest BCUT2D eigenvalue weighted by atomic mass is 16.1. The molecule has 2 N–H and O–H groups in total. The Morgan fingerprint density at radius 1 is 1.14 bits per heavy atom. The van der Waals surface area contributed by atoms with Gasteiger partial charge in [0.15, 0.2) is 0 Å². The van der Waals surface area contributed by atoms with Crippen molar-refractivity contribution in [3.63, 3.8) is 0 Å². The first kappa shape index (κ1) is 17.5. The third-order valence-corrected chi connectivity index (χ3v) is 3.53. The van der Waals surface area contributed by atoms with Gasteiger partial charge in [-0.3, -0.25) is 4.79 Å². The zero-order valence-corrected chi connectivity index (χ0v) is 13.8. The summed E-state index contributed by atoms with van der Waals surface area (Å²) < 4.78 is 0. The van der Waals surface area contributed by atoms with Crippen LogP contribution in [0, 0.1) is 0 Å². The second kappa shape index (κ2) is 9.40. The molecule has 0 atom stereocenters. The fraction of sp³-hybridized carbons (Fsp3) is 0.588. The normalized spacial score (nSPS) is 10.7. The molecule has 0 spiro atoms. The van der Waals surface area contributed by atoms with Gasteiger partial charge in [0.2, 0.25) is 5.91 Å². The average Bonchev–Trinajstić information content (AvgIpc) is 2.48. The van der Waals surface area contributed by atoms with Crippen molar-refractivity contribution in [2.45, 2.75) is 33.1 Å². The number of rotatable bonds is 9. The maximum atomic E-state index is 11.9. The zero-order chi connectivity index (χ0) is 15.7. The number of carbonyl (C=O) groups excluding carboxylic acids is 1. The predicted octanol–water partition coefficient (Wildman–Crippen LogP) is 2.29. The maximum Gasteiger partial charge on any atom is 0.239 e. The van der Waals surface area contributed by atoms with Gasteiger partial charge in [-0.25, -0.2) is 0 Å². The van der Waals surface area contributed by atoms with Crippen LogP contribution in [-0.2, 0) is 17.6 Å². The number of hydrogen-bond acceptors (Lipinski definition) is 3. The highest BCUT2D eigenvalue weighted by Crippen LogP contribution is 2.22. The maximum absolute atomic E-state index is 11.9. The van der Waals surface area contributed by atoms with Crippen molar-refractivity contribution in [2.24, 2.45) is 0 Å². The number of anilines is 1. The molecule has 0 fully saturated rings. The van der Waals surface area contributed by atoms with E-state index in [0.29, 0.717) is 6.54 Å². The molecule has 0 saturated carbocycles. The van der Waals surface area contributed by atoms with E-state index in [2.05, 4.69) is 47.6 Å². The highest BCUT2D eigenvalue weighted by Gasteiger charge is 2.07. The summed E-state index contributed by atoms with van der Waals surface area (Å²) in [6, 6.07) is 6.33. The van der Waals surface area contributed by atoms with Crippen molar-refractivity contribution in [3.8, 4) is 0 Å². The van der Waals surface area contributed by atoms with Crippen LogP contribution in [0.1, 0.15) is 31.4 Å². The van der Waals surface area contributed by atoms with Gasteiger partial charge in [-0.1, -0.05) is 32.0 Å². The summed E-state index contributed by atoms with van der Waals surface area (Å²) in [7, 11) is 4.08. The number of hydrogen-bond donors (Lipinski definition) is 2. The number of carbonyl (C=O) groups is 1. The lowest BCUT2D eigenvalue weighted by Gasteiger charge is -2.15. The summed E-state index contributed by atoms with van der Waals surface area (Å²) in [5.74, 6) is 0.0571. The van der Waals surface area contributed by atoms with E-state index in [4.69, 9.17) is 0 Å². The van der Waals surface area contributed by atoms with E-state index >= 15 is 0 Å². The Balaban J connectivity index is 2.45. The molecule has 21 heavy (non-hydrogen) atoms. The number of para-hydroxylation sites is 1. The van der Waals surface area contributed by atoms with Crippen molar-refractivity contribution in [1.29, 1.82) is 0 Å². The van der Waals surface area contributed by atoms with E-state index in [-0.39, 0.29) is 5.91 Å². The van der Waals surface area contributed by atoms with Crippen molar-refractivity contribution in [3.05, 3.63) is 29.3 Å². The standard InChI is InChI=1S/C17H29N3O/c1-5-14-9-7-10-15(6-2)17(14)19-13-16(21)18-11-8-12-20(3)4/h7,9-10,19H,5-6,8,11-13H2,1-4H3,(H,18,21). The minimum atomic E-state index is 0.0571. The Bertz CT molecular complexity index is 421. The highest BCUT2D eigenvalue weighted by molar-refractivity contribution is 5.81. The molecule has 4 heteroatoms. The second-order valence-electron chi connectivity index (χ2n) is 5.52. The van der Waals surface area contributed by atoms with Crippen LogP contribution in [0.4, 0.5) is 5.69 Å². The largest absolute Gasteiger partial charge is 0.376 e. The Kier molecular flexibility index (Phi) is 7.83. The summed E-state index contributed by atoms with van der Waals surface area (Å²) >= 11 is 0. The molecule has 0 aromatic heterocycles. The monoisotopic (exact) mass is 291 g/mol.